The van der Waals surface area contributed by atoms with Crippen molar-refractivity contribution in [2.24, 2.45) is 0 Å². The van der Waals surface area contributed by atoms with E-state index >= 15 is 0 Å². The van der Waals surface area contributed by atoms with Crippen LogP contribution in [0.3, 0.4) is 0 Å². The molecule has 1 atom stereocenters. The number of anilines is 2. The summed E-state index contributed by atoms with van der Waals surface area (Å²) in [7, 11) is 0. The van der Waals surface area contributed by atoms with Gasteiger partial charge in [0.1, 0.15) is 11.6 Å². The fourth-order valence-corrected chi connectivity index (χ4v) is 1.64. The van der Waals surface area contributed by atoms with Crippen LogP contribution in [0.15, 0.2) is 12.1 Å². The van der Waals surface area contributed by atoms with Crippen molar-refractivity contribution in [3.63, 3.8) is 0 Å². The van der Waals surface area contributed by atoms with Crippen molar-refractivity contribution in [1.29, 1.82) is 0 Å². The summed E-state index contributed by atoms with van der Waals surface area (Å²) < 4.78 is 0. The number of nitrogens with zero attached hydrogens (tertiary/aromatic N) is 2. The fourth-order valence-electron chi connectivity index (χ4n) is 1.39. The Kier molecular flexibility index (Phi) is 6.41. The number of nitrogens with one attached hydrogen (secondary N) is 2. The Balaban J connectivity index is 2.83. The molecular weight excluding hydrogens is 264 g/mol. The molecule has 106 valence electrons. The Morgan fingerprint density at radius 2 is 2.05 bits per heavy atom. The minimum absolute atomic E-state index is 0.0490. The van der Waals surface area contributed by atoms with Crippen LogP contribution in [-0.2, 0) is 0 Å². The van der Waals surface area contributed by atoms with E-state index in [1.54, 1.807) is 11.8 Å². The largest absolute Gasteiger partial charge is 0.370 e. The second-order valence-corrected chi connectivity index (χ2v) is 5.48. The molecule has 0 aliphatic carbocycles. The number of aromatic nitrogens is 1. The first-order chi connectivity index (χ1) is 9.06. The third kappa shape index (κ3) is 5.34. The van der Waals surface area contributed by atoms with Gasteiger partial charge in [-0.3, -0.25) is 10.1 Å². The maximum absolute atomic E-state index is 10.9. The van der Waals surface area contributed by atoms with Gasteiger partial charge in [-0.15, -0.1) is 0 Å². The molecule has 0 saturated carbocycles. The van der Waals surface area contributed by atoms with Crippen LogP contribution in [0.25, 0.3) is 0 Å². The maximum Gasteiger partial charge on any atom is 0.276 e. The zero-order valence-electron chi connectivity index (χ0n) is 11.5. The molecule has 0 fully saturated rings. The number of thioether (sulfide) groups is 1. The first-order valence-electron chi connectivity index (χ1n) is 6.23. The lowest BCUT2D eigenvalue weighted by Gasteiger charge is -2.12. The Morgan fingerprint density at radius 3 is 2.58 bits per heavy atom. The van der Waals surface area contributed by atoms with Gasteiger partial charge in [0, 0.05) is 18.3 Å². The smallest absolute Gasteiger partial charge is 0.276 e. The molecule has 0 saturated heterocycles. The van der Waals surface area contributed by atoms with Crippen LogP contribution in [0.4, 0.5) is 17.3 Å². The molecule has 19 heavy (non-hydrogen) atoms. The lowest BCUT2D eigenvalue weighted by molar-refractivity contribution is -0.384. The lowest BCUT2D eigenvalue weighted by Crippen LogP contribution is -2.14. The fraction of sp³-hybridized carbons (Fsp3) is 0.583. The van der Waals surface area contributed by atoms with Gasteiger partial charge in [0.2, 0.25) is 0 Å². The first kappa shape index (κ1) is 15.6. The predicted molar refractivity (Wildman–Crippen MR) is 81.1 cm³/mol. The molecule has 1 aromatic rings. The highest BCUT2D eigenvalue weighted by Gasteiger charge is 2.11. The molecule has 0 amide bonds. The standard InChI is InChI=1S/C12H20N4O2S/c1-4-5-13-11-6-10(16(17)18)7-12(15-11)14-8-9(2)19-3/h6-7,9H,4-5,8H2,1-3H3,(H2,13,14,15). The summed E-state index contributed by atoms with van der Waals surface area (Å²) in [5, 5.41) is 17.5. The van der Waals surface area contributed by atoms with E-state index in [1.165, 1.54) is 12.1 Å². The highest BCUT2D eigenvalue weighted by atomic mass is 32.2. The number of pyridine rings is 1. The molecular formula is C12H20N4O2S. The summed E-state index contributed by atoms with van der Waals surface area (Å²) in [6, 6.07) is 2.92. The quantitative estimate of drug-likeness (QED) is 0.564. The van der Waals surface area contributed by atoms with Gasteiger partial charge < -0.3 is 10.6 Å². The second kappa shape index (κ2) is 7.83. The molecule has 1 rings (SSSR count). The average molecular weight is 284 g/mol. The van der Waals surface area contributed by atoms with Crippen LogP contribution >= 0.6 is 11.8 Å². The minimum Gasteiger partial charge on any atom is -0.370 e. The molecule has 0 radical (unpaired) electrons. The summed E-state index contributed by atoms with van der Waals surface area (Å²) in [4.78, 5) is 14.8. The predicted octanol–water partition coefficient (Wildman–Crippen LogP) is 2.98. The summed E-state index contributed by atoms with van der Waals surface area (Å²) >= 11 is 1.73. The van der Waals surface area contributed by atoms with Gasteiger partial charge in [-0.1, -0.05) is 13.8 Å². The molecule has 0 spiro atoms. The molecule has 6 nitrogen and oxygen atoms in total. The number of nitro groups is 1. The maximum atomic E-state index is 10.9. The Morgan fingerprint density at radius 1 is 1.42 bits per heavy atom. The Hall–Kier alpha value is -1.50. The van der Waals surface area contributed by atoms with E-state index in [1.807, 2.05) is 13.2 Å². The molecule has 1 aromatic heterocycles. The molecule has 7 heteroatoms. The highest BCUT2D eigenvalue weighted by Crippen LogP contribution is 2.21. The van der Waals surface area contributed by atoms with E-state index in [9.17, 15) is 10.1 Å². The number of rotatable bonds is 8. The highest BCUT2D eigenvalue weighted by molar-refractivity contribution is 7.99. The minimum atomic E-state index is -0.401. The SMILES string of the molecule is CCCNc1cc([N+](=O)[O-])cc(NCC(C)SC)n1. The van der Waals surface area contributed by atoms with Crippen molar-refractivity contribution >= 4 is 29.1 Å². The number of hydrogen-bond acceptors (Lipinski definition) is 6. The van der Waals surface area contributed by atoms with Crippen molar-refractivity contribution in [2.75, 3.05) is 30.0 Å². The Labute approximate surface area is 117 Å². The Bertz CT molecular complexity index is 428. The monoisotopic (exact) mass is 284 g/mol. The van der Waals surface area contributed by atoms with Gasteiger partial charge >= 0.3 is 0 Å². The van der Waals surface area contributed by atoms with E-state index in [-0.39, 0.29) is 5.69 Å². The molecule has 1 unspecified atom stereocenters. The first-order valence-corrected chi connectivity index (χ1v) is 7.52. The van der Waals surface area contributed by atoms with Gasteiger partial charge in [-0.05, 0) is 12.7 Å². The van der Waals surface area contributed by atoms with Crippen LogP contribution in [0.2, 0.25) is 0 Å². The van der Waals surface area contributed by atoms with Gasteiger partial charge in [0.25, 0.3) is 5.69 Å². The van der Waals surface area contributed by atoms with Crippen LogP contribution in [-0.4, -0.2) is 34.5 Å². The van der Waals surface area contributed by atoms with Gasteiger partial charge in [0.05, 0.1) is 17.1 Å². The van der Waals surface area contributed by atoms with Gasteiger partial charge in [-0.2, -0.15) is 11.8 Å². The molecule has 1 heterocycles. The topological polar surface area (TPSA) is 80.1 Å². The molecule has 0 aliphatic heterocycles. The van der Waals surface area contributed by atoms with Crippen LogP contribution in [0, 0.1) is 10.1 Å². The zero-order chi connectivity index (χ0) is 14.3. The van der Waals surface area contributed by atoms with Crippen molar-refractivity contribution in [3.05, 3.63) is 22.2 Å². The van der Waals surface area contributed by atoms with Crippen LogP contribution in [0.5, 0.6) is 0 Å². The van der Waals surface area contributed by atoms with Crippen LogP contribution < -0.4 is 10.6 Å². The third-order valence-corrected chi connectivity index (χ3v) is 3.52. The summed E-state index contributed by atoms with van der Waals surface area (Å²) in [5.74, 6) is 1.07. The third-order valence-electron chi connectivity index (χ3n) is 2.55. The normalized spacial score (nSPS) is 11.9. The summed E-state index contributed by atoms with van der Waals surface area (Å²) in [5.41, 5.74) is 0.0490. The van der Waals surface area contributed by atoms with E-state index in [0.717, 1.165) is 19.5 Å². The second-order valence-electron chi connectivity index (χ2n) is 4.21. The number of hydrogen-bond donors (Lipinski definition) is 2. The molecule has 0 aliphatic rings. The van der Waals surface area contributed by atoms with Gasteiger partial charge in [0.15, 0.2) is 0 Å². The summed E-state index contributed by atoms with van der Waals surface area (Å²) in [6.45, 7) is 5.59. The average Bonchev–Trinajstić information content (AvgIpc) is 2.42. The lowest BCUT2D eigenvalue weighted by atomic mass is 10.3. The van der Waals surface area contributed by atoms with E-state index in [2.05, 4.69) is 22.5 Å². The zero-order valence-corrected chi connectivity index (χ0v) is 12.3. The van der Waals surface area contributed by atoms with Crippen molar-refractivity contribution in [1.82, 2.24) is 4.98 Å². The van der Waals surface area contributed by atoms with Crippen molar-refractivity contribution in [2.45, 2.75) is 25.5 Å². The van der Waals surface area contributed by atoms with Crippen molar-refractivity contribution < 1.29 is 4.92 Å². The molecule has 0 bridgehead atoms. The van der Waals surface area contributed by atoms with E-state index < -0.39 is 4.92 Å². The van der Waals surface area contributed by atoms with Gasteiger partial charge in [-0.25, -0.2) is 4.98 Å². The molecule has 0 aromatic carbocycles. The molecule has 2 N–H and O–H groups in total. The van der Waals surface area contributed by atoms with Crippen molar-refractivity contribution in [3.8, 4) is 0 Å². The van der Waals surface area contributed by atoms with Crippen LogP contribution in [0.1, 0.15) is 20.3 Å². The van der Waals surface area contributed by atoms with E-state index in [0.29, 0.717) is 16.9 Å². The summed E-state index contributed by atoms with van der Waals surface area (Å²) in [6.07, 6.45) is 2.97. The van der Waals surface area contributed by atoms with E-state index in [4.69, 9.17) is 0 Å².